The molecule has 206 valence electrons. The first-order valence-corrected chi connectivity index (χ1v) is 14.3. The van der Waals surface area contributed by atoms with E-state index in [0.717, 1.165) is 64.2 Å². The van der Waals surface area contributed by atoms with Gasteiger partial charge in [-0.05, 0) is 64.2 Å². The lowest BCUT2D eigenvalue weighted by atomic mass is 10.1. The largest absolute Gasteiger partial charge is 0.391 e. The Kier molecular flexibility index (Phi) is 20.8. The molecule has 1 atom stereocenters. The van der Waals surface area contributed by atoms with Gasteiger partial charge in [0.05, 0.1) is 6.10 Å². The van der Waals surface area contributed by atoms with E-state index >= 15 is 0 Å². The maximum Gasteiger partial charge on any atom is 0.222 e. The fraction of sp³-hybridized carbons (Fsp3) is 0.562. The van der Waals surface area contributed by atoms with Crippen molar-refractivity contribution < 1.29 is 14.7 Å². The lowest BCUT2D eigenvalue weighted by molar-refractivity contribution is -0.130. The maximum atomic E-state index is 12.0. The van der Waals surface area contributed by atoms with Crippen molar-refractivity contribution in [2.24, 2.45) is 0 Å². The van der Waals surface area contributed by atoms with E-state index in [1.165, 1.54) is 0 Å². The summed E-state index contributed by atoms with van der Waals surface area (Å²) in [5.74, 6) is 0.221. The first kappa shape index (κ1) is 32.4. The molecule has 0 radical (unpaired) electrons. The second-order valence-electron chi connectivity index (χ2n) is 9.40. The number of unbranched alkanes of at least 4 members (excludes halogenated alkanes) is 2. The molecule has 0 bridgehead atoms. The zero-order valence-corrected chi connectivity index (χ0v) is 23.0. The topological polar surface area (TPSA) is 69.6 Å². The Morgan fingerprint density at radius 1 is 0.757 bits per heavy atom. The zero-order valence-electron chi connectivity index (χ0n) is 23.0. The number of hydrogen-bond donors (Lipinski definition) is 2. The molecule has 0 saturated carbocycles. The number of β-amino-alcohol motifs (C(OH)–C–C–N with tert-alkyl or cyclic N) is 1. The molecule has 0 unspecified atom stereocenters. The lowest BCUT2D eigenvalue weighted by Gasteiger charge is -2.15. The van der Waals surface area contributed by atoms with Crippen LogP contribution in [-0.4, -0.2) is 47.6 Å². The summed E-state index contributed by atoms with van der Waals surface area (Å²) in [5, 5.41) is 12.5. The van der Waals surface area contributed by atoms with Gasteiger partial charge in [-0.15, -0.1) is 0 Å². The molecule has 1 fully saturated rings. The molecule has 0 aromatic rings. The van der Waals surface area contributed by atoms with E-state index in [1.807, 2.05) is 0 Å². The molecule has 1 aliphatic heterocycles. The number of carbonyl (C=O) groups excluding carboxylic acids is 2. The van der Waals surface area contributed by atoms with Gasteiger partial charge in [0, 0.05) is 32.5 Å². The summed E-state index contributed by atoms with van der Waals surface area (Å²) < 4.78 is 0. The number of aliphatic hydroxyl groups excluding tert-OH is 1. The average molecular weight is 511 g/mol. The van der Waals surface area contributed by atoms with E-state index in [1.54, 1.807) is 4.90 Å². The predicted molar refractivity (Wildman–Crippen MR) is 156 cm³/mol. The van der Waals surface area contributed by atoms with Gasteiger partial charge in [0.1, 0.15) is 0 Å². The van der Waals surface area contributed by atoms with Crippen molar-refractivity contribution in [3.05, 3.63) is 72.9 Å². The van der Waals surface area contributed by atoms with Gasteiger partial charge in [-0.25, -0.2) is 0 Å². The van der Waals surface area contributed by atoms with E-state index in [-0.39, 0.29) is 17.9 Å². The minimum atomic E-state index is -0.355. The minimum Gasteiger partial charge on any atom is -0.391 e. The van der Waals surface area contributed by atoms with Gasteiger partial charge in [0.2, 0.25) is 11.8 Å². The van der Waals surface area contributed by atoms with Gasteiger partial charge in [0.15, 0.2) is 0 Å². The number of nitrogens with zero attached hydrogens (tertiary/aromatic N) is 1. The van der Waals surface area contributed by atoms with E-state index in [2.05, 4.69) is 85.2 Å². The van der Waals surface area contributed by atoms with Gasteiger partial charge in [0.25, 0.3) is 0 Å². The molecule has 5 nitrogen and oxygen atoms in total. The van der Waals surface area contributed by atoms with Crippen LogP contribution in [0.25, 0.3) is 0 Å². The summed E-state index contributed by atoms with van der Waals surface area (Å²) >= 11 is 0. The minimum absolute atomic E-state index is 0.0849. The molecule has 1 saturated heterocycles. The highest BCUT2D eigenvalue weighted by Crippen LogP contribution is 2.12. The molecule has 37 heavy (non-hydrogen) atoms. The molecular weight excluding hydrogens is 460 g/mol. The van der Waals surface area contributed by atoms with Gasteiger partial charge < -0.3 is 15.3 Å². The number of hydrogen-bond acceptors (Lipinski definition) is 3. The van der Waals surface area contributed by atoms with Gasteiger partial charge >= 0.3 is 0 Å². The third-order valence-corrected chi connectivity index (χ3v) is 6.04. The molecule has 0 spiro atoms. The van der Waals surface area contributed by atoms with E-state index < -0.39 is 0 Å². The van der Waals surface area contributed by atoms with Crippen LogP contribution in [0, 0.1) is 0 Å². The summed E-state index contributed by atoms with van der Waals surface area (Å²) in [6, 6.07) is 0. The third-order valence-electron chi connectivity index (χ3n) is 6.04. The van der Waals surface area contributed by atoms with Crippen LogP contribution in [0.5, 0.6) is 0 Å². The Morgan fingerprint density at radius 2 is 1.30 bits per heavy atom. The molecule has 5 heteroatoms. The standard InChI is InChI=1S/C32H50N2O3/c1-2-3-4-5-6-7-8-9-10-11-12-13-14-15-16-17-18-19-21-24-31(36)33-27-23-20-22-25-32(37)34-28-26-30(35)29-34/h3-4,6-7,9-10,12-13,15-16,18-19,30,35H,2,5,8,11,14,17,20-29H2,1H3,(H,33,36)/b4-3+,7-6+,10-9+,13-12+,16-15+,19-18+/t30-/m1/s1. The van der Waals surface area contributed by atoms with Gasteiger partial charge in [-0.1, -0.05) is 86.3 Å². The third kappa shape index (κ3) is 20.1. The van der Waals surface area contributed by atoms with Crippen molar-refractivity contribution in [3.63, 3.8) is 0 Å². The summed E-state index contributed by atoms with van der Waals surface area (Å²) in [6.45, 7) is 3.97. The monoisotopic (exact) mass is 510 g/mol. The second kappa shape index (κ2) is 23.7. The molecule has 0 aromatic carbocycles. The average Bonchev–Trinajstić information content (AvgIpc) is 3.33. The first-order chi connectivity index (χ1) is 18.1. The first-order valence-electron chi connectivity index (χ1n) is 14.3. The van der Waals surface area contributed by atoms with Crippen LogP contribution in [-0.2, 0) is 9.59 Å². The van der Waals surface area contributed by atoms with Crippen LogP contribution in [0.1, 0.15) is 90.4 Å². The smallest absolute Gasteiger partial charge is 0.222 e. The fourth-order valence-electron chi connectivity index (χ4n) is 3.87. The molecule has 2 N–H and O–H groups in total. The Bertz CT molecular complexity index is 777. The number of allylic oxidation sites excluding steroid dienone is 12. The Hall–Kier alpha value is -2.66. The highest BCUT2D eigenvalue weighted by Gasteiger charge is 2.23. The Labute approximate surface area is 225 Å². The van der Waals surface area contributed by atoms with Crippen LogP contribution < -0.4 is 5.32 Å². The number of nitrogens with one attached hydrogen (secondary N) is 1. The van der Waals surface area contributed by atoms with Crippen molar-refractivity contribution in [3.8, 4) is 0 Å². The summed E-state index contributed by atoms with van der Waals surface area (Å²) in [5.41, 5.74) is 0. The zero-order chi connectivity index (χ0) is 26.8. The van der Waals surface area contributed by atoms with Gasteiger partial charge in [-0.3, -0.25) is 9.59 Å². The Balaban J connectivity index is 1.90. The van der Waals surface area contributed by atoms with Crippen molar-refractivity contribution in [2.75, 3.05) is 19.6 Å². The molecular formula is C32H50N2O3. The number of carbonyl (C=O) groups is 2. The van der Waals surface area contributed by atoms with Crippen LogP contribution in [0.4, 0.5) is 0 Å². The molecule has 1 heterocycles. The second-order valence-corrected chi connectivity index (χ2v) is 9.40. The van der Waals surface area contributed by atoms with Crippen molar-refractivity contribution in [2.45, 2.75) is 96.5 Å². The van der Waals surface area contributed by atoms with Crippen LogP contribution in [0.15, 0.2) is 72.9 Å². The van der Waals surface area contributed by atoms with E-state index in [9.17, 15) is 14.7 Å². The lowest BCUT2D eigenvalue weighted by Crippen LogP contribution is -2.29. The predicted octanol–water partition coefficient (Wildman–Crippen LogP) is 6.73. The number of likely N-dealkylation sites (tertiary alicyclic amines) is 1. The van der Waals surface area contributed by atoms with Crippen molar-refractivity contribution in [1.82, 2.24) is 10.2 Å². The molecule has 2 amide bonds. The highest BCUT2D eigenvalue weighted by molar-refractivity contribution is 5.76. The summed E-state index contributed by atoms with van der Waals surface area (Å²) in [6.07, 6.45) is 36.9. The Morgan fingerprint density at radius 3 is 1.81 bits per heavy atom. The maximum absolute atomic E-state index is 12.0. The van der Waals surface area contributed by atoms with Crippen LogP contribution >= 0.6 is 0 Å². The SMILES string of the molecule is CC/C=C/C/C=C/C/C=C/C/C=C/C/C=C/C/C=C/CCC(=O)NCCCCCC(=O)N1CC[C@@H](O)C1. The molecule has 0 aromatic heterocycles. The summed E-state index contributed by atoms with van der Waals surface area (Å²) in [7, 11) is 0. The quantitative estimate of drug-likeness (QED) is 0.141. The van der Waals surface area contributed by atoms with E-state index in [4.69, 9.17) is 0 Å². The normalized spacial score (nSPS) is 16.7. The van der Waals surface area contributed by atoms with E-state index in [0.29, 0.717) is 38.9 Å². The van der Waals surface area contributed by atoms with Crippen LogP contribution in [0.3, 0.4) is 0 Å². The number of aliphatic hydroxyl groups is 1. The fourth-order valence-corrected chi connectivity index (χ4v) is 3.87. The number of rotatable bonds is 20. The number of amides is 2. The highest BCUT2D eigenvalue weighted by atomic mass is 16.3. The molecule has 0 aliphatic carbocycles. The molecule has 1 rings (SSSR count). The van der Waals surface area contributed by atoms with Crippen molar-refractivity contribution in [1.29, 1.82) is 0 Å². The molecule has 1 aliphatic rings. The van der Waals surface area contributed by atoms with Crippen LogP contribution in [0.2, 0.25) is 0 Å². The van der Waals surface area contributed by atoms with Crippen molar-refractivity contribution >= 4 is 11.8 Å². The summed E-state index contributed by atoms with van der Waals surface area (Å²) in [4.78, 5) is 25.7. The van der Waals surface area contributed by atoms with Gasteiger partial charge in [-0.2, -0.15) is 0 Å².